The van der Waals surface area contributed by atoms with Crippen LogP contribution in [0.1, 0.15) is 21.1 Å². The standard InChI is InChI=1S/C6H4O5.2ClH/c7-5(8)3-1-2-4(11-3)6(9)10;;/h1-2H,(H,7,8)(H,9,10);2*1H. The van der Waals surface area contributed by atoms with Crippen LogP contribution in [0, 0.1) is 0 Å². The highest BCUT2D eigenvalue weighted by Crippen LogP contribution is 2.06. The molecule has 0 bridgehead atoms. The van der Waals surface area contributed by atoms with Crippen LogP contribution in [-0.4, -0.2) is 22.2 Å². The summed E-state index contributed by atoms with van der Waals surface area (Å²) in [4.78, 5) is 20.3. The minimum Gasteiger partial charge on any atom is -0.475 e. The maximum Gasteiger partial charge on any atom is 0.371 e. The molecule has 1 heterocycles. The third-order valence-electron chi connectivity index (χ3n) is 1.03. The SMILES string of the molecule is Cl.Cl.O=C(O)c1ccc(C(=O)O)o1. The van der Waals surface area contributed by atoms with Gasteiger partial charge in [-0.3, -0.25) is 0 Å². The highest BCUT2D eigenvalue weighted by molar-refractivity contribution is 5.88. The molecule has 0 radical (unpaired) electrons. The van der Waals surface area contributed by atoms with Crippen molar-refractivity contribution in [2.45, 2.75) is 0 Å². The molecular formula is C6H6Cl2O5. The van der Waals surface area contributed by atoms with Crippen LogP contribution < -0.4 is 0 Å². The molecule has 13 heavy (non-hydrogen) atoms. The Hall–Kier alpha value is -1.20. The summed E-state index contributed by atoms with van der Waals surface area (Å²) in [6, 6.07) is 2.18. The van der Waals surface area contributed by atoms with Crippen molar-refractivity contribution in [1.82, 2.24) is 0 Å². The van der Waals surface area contributed by atoms with Crippen LogP contribution in [0.15, 0.2) is 16.5 Å². The zero-order valence-corrected chi connectivity index (χ0v) is 7.72. The average molecular weight is 229 g/mol. The molecule has 0 aliphatic heterocycles. The van der Waals surface area contributed by atoms with Crippen molar-refractivity contribution in [1.29, 1.82) is 0 Å². The number of hydrogen-bond donors (Lipinski definition) is 2. The Morgan fingerprint density at radius 3 is 1.46 bits per heavy atom. The van der Waals surface area contributed by atoms with Gasteiger partial charge in [0.15, 0.2) is 0 Å². The molecule has 0 saturated carbocycles. The van der Waals surface area contributed by atoms with Gasteiger partial charge in [-0.15, -0.1) is 24.8 Å². The first-order chi connectivity index (χ1) is 5.11. The van der Waals surface area contributed by atoms with Crippen molar-refractivity contribution in [3.05, 3.63) is 23.7 Å². The zero-order chi connectivity index (χ0) is 8.43. The van der Waals surface area contributed by atoms with Crippen LogP contribution in [0.3, 0.4) is 0 Å². The van der Waals surface area contributed by atoms with Crippen molar-refractivity contribution in [2.75, 3.05) is 0 Å². The number of carbonyl (C=O) groups is 2. The Balaban J connectivity index is 0. The van der Waals surface area contributed by atoms with E-state index in [0.717, 1.165) is 12.1 Å². The molecule has 0 aromatic carbocycles. The number of carboxylic acid groups (broad SMARTS) is 2. The molecule has 0 saturated heterocycles. The first-order valence-corrected chi connectivity index (χ1v) is 2.67. The molecule has 0 unspecified atom stereocenters. The molecular weight excluding hydrogens is 223 g/mol. The third-order valence-corrected chi connectivity index (χ3v) is 1.03. The zero-order valence-electron chi connectivity index (χ0n) is 6.09. The van der Waals surface area contributed by atoms with E-state index in [0.29, 0.717) is 0 Å². The van der Waals surface area contributed by atoms with E-state index in [1.165, 1.54) is 0 Å². The van der Waals surface area contributed by atoms with Gasteiger partial charge in [0, 0.05) is 0 Å². The van der Waals surface area contributed by atoms with Crippen molar-refractivity contribution in [3.8, 4) is 0 Å². The van der Waals surface area contributed by atoms with Crippen molar-refractivity contribution in [3.63, 3.8) is 0 Å². The van der Waals surface area contributed by atoms with E-state index in [2.05, 4.69) is 4.42 Å². The lowest BCUT2D eigenvalue weighted by Gasteiger charge is -1.84. The van der Waals surface area contributed by atoms with E-state index in [4.69, 9.17) is 10.2 Å². The molecule has 0 amide bonds. The van der Waals surface area contributed by atoms with Gasteiger partial charge in [0.1, 0.15) is 0 Å². The van der Waals surface area contributed by atoms with Crippen LogP contribution in [0.2, 0.25) is 0 Å². The number of halogens is 2. The number of furan rings is 1. The molecule has 5 nitrogen and oxygen atoms in total. The minimum absolute atomic E-state index is 0. The fourth-order valence-electron chi connectivity index (χ4n) is 0.568. The normalized spacial score (nSPS) is 8.00. The largest absolute Gasteiger partial charge is 0.475 e. The Kier molecular flexibility index (Phi) is 6.00. The van der Waals surface area contributed by atoms with Crippen LogP contribution in [0.4, 0.5) is 0 Å². The van der Waals surface area contributed by atoms with E-state index >= 15 is 0 Å². The first kappa shape index (κ1) is 14.3. The minimum atomic E-state index is -1.28. The number of rotatable bonds is 2. The second-order valence-corrected chi connectivity index (χ2v) is 1.77. The number of hydrogen-bond acceptors (Lipinski definition) is 3. The summed E-state index contributed by atoms with van der Waals surface area (Å²) in [5.41, 5.74) is 0. The fraction of sp³-hybridized carbons (Fsp3) is 0. The van der Waals surface area contributed by atoms with E-state index in [9.17, 15) is 9.59 Å². The summed E-state index contributed by atoms with van der Waals surface area (Å²) in [6.45, 7) is 0. The monoisotopic (exact) mass is 228 g/mol. The lowest BCUT2D eigenvalue weighted by molar-refractivity contribution is 0.0632. The molecule has 0 fully saturated rings. The molecule has 0 aliphatic carbocycles. The summed E-state index contributed by atoms with van der Waals surface area (Å²) < 4.78 is 4.41. The van der Waals surface area contributed by atoms with Gasteiger partial charge in [0.25, 0.3) is 0 Å². The van der Waals surface area contributed by atoms with Crippen LogP contribution >= 0.6 is 24.8 Å². The molecule has 0 spiro atoms. The number of aromatic carboxylic acids is 2. The van der Waals surface area contributed by atoms with Gasteiger partial charge in [-0.05, 0) is 12.1 Å². The van der Waals surface area contributed by atoms with Crippen molar-refractivity contribution >= 4 is 36.8 Å². The molecule has 7 heteroatoms. The van der Waals surface area contributed by atoms with Gasteiger partial charge in [0.2, 0.25) is 11.5 Å². The van der Waals surface area contributed by atoms with Gasteiger partial charge in [-0.2, -0.15) is 0 Å². The second kappa shape index (κ2) is 5.45. The maximum absolute atomic E-state index is 10.2. The molecule has 1 rings (SSSR count). The summed E-state index contributed by atoms with van der Waals surface area (Å²) in [5, 5.41) is 16.6. The first-order valence-electron chi connectivity index (χ1n) is 2.67. The lowest BCUT2D eigenvalue weighted by Crippen LogP contribution is -1.94. The second-order valence-electron chi connectivity index (χ2n) is 1.77. The van der Waals surface area contributed by atoms with Crippen LogP contribution in [-0.2, 0) is 0 Å². The van der Waals surface area contributed by atoms with Crippen LogP contribution in [0.25, 0.3) is 0 Å². The summed E-state index contributed by atoms with van der Waals surface area (Å²) in [6.07, 6.45) is 0. The highest BCUT2D eigenvalue weighted by atomic mass is 35.5. The van der Waals surface area contributed by atoms with Crippen molar-refractivity contribution in [2.24, 2.45) is 0 Å². The lowest BCUT2D eigenvalue weighted by atomic mass is 10.4. The summed E-state index contributed by atoms with van der Waals surface area (Å²) in [5.74, 6) is -3.31. The summed E-state index contributed by atoms with van der Waals surface area (Å²) >= 11 is 0. The topological polar surface area (TPSA) is 87.7 Å². The molecule has 0 aliphatic rings. The molecule has 1 aromatic heterocycles. The van der Waals surface area contributed by atoms with Gasteiger partial charge in [-0.1, -0.05) is 0 Å². The van der Waals surface area contributed by atoms with Crippen molar-refractivity contribution < 1.29 is 24.2 Å². The highest BCUT2D eigenvalue weighted by Gasteiger charge is 2.12. The Labute approximate surface area is 85.2 Å². The maximum atomic E-state index is 10.2. The molecule has 0 atom stereocenters. The van der Waals surface area contributed by atoms with Gasteiger partial charge >= 0.3 is 11.9 Å². The van der Waals surface area contributed by atoms with Gasteiger partial charge < -0.3 is 14.6 Å². The average Bonchev–Trinajstić information content (AvgIpc) is 2.33. The van der Waals surface area contributed by atoms with Crippen LogP contribution in [0.5, 0.6) is 0 Å². The Morgan fingerprint density at radius 1 is 1.00 bits per heavy atom. The quantitative estimate of drug-likeness (QED) is 0.802. The number of carboxylic acids is 2. The third kappa shape index (κ3) is 3.35. The van der Waals surface area contributed by atoms with E-state index in [1.54, 1.807) is 0 Å². The molecule has 1 aromatic rings. The predicted octanol–water partition coefficient (Wildman–Crippen LogP) is 1.52. The van der Waals surface area contributed by atoms with E-state index < -0.39 is 11.9 Å². The van der Waals surface area contributed by atoms with E-state index in [1.807, 2.05) is 0 Å². The Morgan fingerprint density at radius 2 is 1.31 bits per heavy atom. The molecule has 74 valence electrons. The molecule has 2 N–H and O–H groups in total. The van der Waals surface area contributed by atoms with Gasteiger partial charge in [-0.25, -0.2) is 9.59 Å². The Bertz CT molecular complexity index is 277. The van der Waals surface area contributed by atoms with E-state index in [-0.39, 0.29) is 36.3 Å². The fourth-order valence-corrected chi connectivity index (χ4v) is 0.568. The van der Waals surface area contributed by atoms with Gasteiger partial charge in [0.05, 0.1) is 0 Å². The smallest absolute Gasteiger partial charge is 0.371 e. The summed E-state index contributed by atoms with van der Waals surface area (Å²) in [7, 11) is 0. The predicted molar refractivity (Wildman–Crippen MR) is 47.1 cm³/mol.